The topological polar surface area (TPSA) is 55.8 Å². The number of carboxylic acids is 1. The van der Waals surface area contributed by atoms with Crippen molar-refractivity contribution in [1.29, 1.82) is 0 Å². The maximum absolute atomic E-state index is 13.3. The van der Waals surface area contributed by atoms with Crippen molar-refractivity contribution in [3.63, 3.8) is 0 Å². The SMILES string of the molecule is CCO[C@@H](Cc1ccc(OC/C=C(/c2ccccc2)c2ccc(F)cc2)cc1)C(=O)O. The van der Waals surface area contributed by atoms with Gasteiger partial charge in [-0.05, 0) is 59.5 Å². The lowest BCUT2D eigenvalue weighted by Gasteiger charge is -2.13. The summed E-state index contributed by atoms with van der Waals surface area (Å²) < 4.78 is 24.5. The molecule has 0 saturated carbocycles. The molecule has 0 fully saturated rings. The van der Waals surface area contributed by atoms with Crippen molar-refractivity contribution < 1.29 is 23.8 Å². The number of halogens is 1. The Morgan fingerprint density at radius 3 is 2.23 bits per heavy atom. The number of aliphatic carboxylic acids is 1. The first-order valence-corrected chi connectivity index (χ1v) is 10.1. The van der Waals surface area contributed by atoms with Crippen molar-refractivity contribution in [1.82, 2.24) is 0 Å². The van der Waals surface area contributed by atoms with Crippen molar-refractivity contribution in [3.8, 4) is 5.75 Å². The third kappa shape index (κ3) is 6.52. The van der Waals surface area contributed by atoms with Crippen LogP contribution in [-0.4, -0.2) is 30.4 Å². The van der Waals surface area contributed by atoms with Crippen molar-refractivity contribution >= 4 is 11.5 Å². The summed E-state index contributed by atoms with van der Waals surface area (Å²) in [6.45, 7) is 2.45. The molecule has 0 bridgehead atoms. The molecule has 1 N–H and O–H groups in total. The van der Waals surface area contributed by atoms with Gasteiger partial charge in [0.25, 0.3) is 0 Å². The first-order valence-electron chi connectivity index (χ1n) is 10.1. The molecule has 0 unspecified atom stereocenters. The molecule has 0 aliphatic carbocycles. The van der Waals surface area contributed by atoms with Crippen LogP contribution in [0.15, 0.2) is 84.9 Å². The molecule has 0 heterocycles. The molecule has 31 heavy (non-hydrogen) atoms. The van der Waals surface area contributed by atoms with Crippen LogP contribution in [0.1, 0.15) is 23.6 Å². The minimum Gasteiger partial charge on any atom is -0.490 e. The van der Waals surface area contributed by atoms with E-state index in [1.807, 2.05) is 60.7 Å². The fraction of sp³-hybridized carbons (Fsp3) is 0.192. The highest BCUT2D eigenvalue weighted by molar-refractivity contribution is 5.79. The van der Waals surface area contributed by atoms with Crippen LogP contribution in [0.25, 0.3) is 5.57 Å². The molecule has 3 rings (SSSR count). The second-order valence-electron chi connectivity index (χ2n) is 6.93. The van der Waals surface area contributed by atoms with Gasteiger partial charge in [-0.15, -0.1) is 0 Å². The Balaban J connectivity index is 1.69. The molecule has 0 saturated heterocycles. The Morgan fingerprint density at radius 1 is 0.968 bits per heavy atom. The number of hydrogen-bond acceptors (Lipinski definition) is 3. The lowest BCUT2D eigenvalue weighted by molar-refractivity contribution is -0.149. The first-order chi connectivity index (χ1) is 15.1. The second kappa shape index (κ2) is 11.1. The van der Waals surface area contributed by atoms with Crippen LogP contribution >= 0.6 is 0 Å². The molecule has 0 amide bonds. The van der Waals surface area contributed by atoms with Crippen LogP contribution in [0, 0.1) is 5.82 Å². The summed E-state index contributed by atoms with van der Waals surface area (Å²) in [7, 11) is 0. The lowest BCUT2D eigenvalue weighted by atomic mass is 9.98. The molecular formula is C26H25FO4. The monoisotopic (exact) mass is 420 g/mol. The van der Waals surface area contributed by atoms with Crippen molar-refractivity contribution in [2.75, 3.05) is 13.2 Å². The van der Waals surface area contributed by atoms with Crippen molar-refractivity contribution in [3.05, 3.63) is 107 Å². The second-order valence-corrected chi connectivity index (χ2v) is 6.93. The minimum atomic E-state index is -0.971. The zero-order valence-corrected chi connectivity index (χ0v) is 17.3. The Bertz CT molecular complexity index is 996. The van der Waals surface area contributed by atoms with Gasteiger partial charge in [-0.25, -0.2) is 9.18 Å². The van der Waals surface area contributed by atoms with Gasteiger partial charge in [0.2, 0.25) is 0 Å². The highest BCUT2D eigenvalue weighted by Gasteiger charge is 2.17. The van der Waals surface area contributed by atoms with Crippen molar-refractivity contribution in [2.24, 2.45) is 0 Å². The minimum absolute atomic E-state index is 0.276. The number of benzene rings is 3. The Labute approximate surface area is 181 Å². The zero-order valence-electron chi connectivity index (χ0n) is 17.3. The highest BCUT2D eigenvalue weighted by Crippen LogP contribution is 2.24. The molecule has 3 aromatic rings. The quantitative estimate of drug-likeness (QED) is 0.479. The first kappa shape index (κ1) is 22.2. The van der Waals surface area contributed by atoms with Crippen LogP contribution in [0.3, 0.4) is 0 Å². The smallest absolute Gasteiger partial charge is 0.333 e. The summed E-state index contributed by atoms with van der Waals surface area (Å²) in [5.41, 5.74) is 3.74. The highest BCUT2D eigenvalue weighted by atomic mass is 19.1. The molecule has 160 valence electrons. The molecule has 0 aliphatic rings. The van der Waals surface area contributed by atoms with E-state index in [4.69, 9.17) is 9.47 Å². The molecular weight excluding hydrogens is 395 g/mol. The maximum atomic E-state index is 13.3. The number of ether oxygens (including phenoxy) is 2. The summed E-state index contributed by atoms with van der Waals surface area (Å²) >= 11 is 0. The van der Waals surface area contributed by atoms with E-state index in [2.05, 4.69) is 0 Å². The van der Waals surface area contributed by atoms with Gasteiger partial charge in [0.1, 0.15) is 18.2 Å². The van der Waals surface area contributed by atoms with Gasteiger partial charge in [-0.3, -0.25) is 0 Å². The summed E-state index contributed by atoms with van der Waals surface area (Å²) in [5.74, 6) is -0.571. The Morgan fingerprint density at radius 2 is 1.61 bits per heavy atom. The van der Waals surface area contributed by atoms with Gasteiger partial charge in [0.05, 0.1) is 0 Å². The third-order valence-electron chi connectivity index (χ3n) is 4.77. The van der Waals surface area contributed by atoms with E-state index < -0.39 is 12.1 Å². The predicted octanol–water partition coefficient (Wildman–Crippen LogP) is 5.37. The van der Waals surface area contributed by atoms with E-state index in [-0.39, 0.29) is 5.82 Å². The number of rotatable bonds is 10. The Kier molecular flexibility index (Phi) is 7.96. The standard InChI is InChI=1S/C26H25FO4/c1-2-30-25(26(28)29)18-19-8-14-23(15-9-19)31-17-16-24(20-6-4-3-5-7-20)21-10-12-22(27)13-11-21/h3-16,25H,2,17-18H2,1H3,(H,28,29)/b24-16-/t25-/m0/s1. The molecule has 5 heteroatoms. The van der Waals surface area contributed by atoms with Gasteiger partial charge in [0.15, 0.2) is 6.10 Å². The molecule has 3 aromatic carbocycles. The van der Waals surface area contributed by atoms with Gasteiger partial charge >= 0.3 is 5.97 Å². The summed E-state index contributed by atoms with van der Waals surface area (Å²) in [4.78, 5) is 11.2. The van der Waals surface area contributed by atoms with E-state index in [9.17, 15) is 14.3 Å². The number of carbonyl (C=O) groups is 1. The number of hydrogen-bond donors (Lipinski definition) is 1. The molecule has 0 aromatic heterocycles. The molecule has 0 spiro atoms. The van der Waals surface area contributed by atoms with Crippen molar-refractivity contribution in [2.45, 2.75) is 19.4 Å². The largest absolute Gasteiger partial charge is 0.490 e. The van der Waals surface area contributed by atoms with Crippen LogP contribution in [0.2, 0.25) is 0 Å². The van der Waals surface area contributed by atoms with E-state index in [0.29, 0.717) is 25.4 Å². The normalized spacial score (nSPS) is 12.4. The molecule has 1 atom stereocenters. The summed E-state index contributed by atoms with van der Waals surface area (Å²) in [5, 5.41) is 9.21. The lowest BCUT2D eigenvalue weighted by Crippen LogP contribution is -2.26. The van der Waals surface area contributed by atoms with Crippen LogP contribution < -0.4 is 4.74 Å². The average Bonchev–Trinajstić information content (AvgIpc) is 2.79. The molecule has 4 nitrogen and oxygen atoms in total. The van der Waals surface area contributed by atoms with Gasteiger partial charge in [0, 0.05) is 13.0 Å². The van der Waals surface area contributed by atoms with E-state index >= 15 is 0 Å². The molecule has 0 aliphatic heterocycles. The molecule has 0 radical (unpaired) electrons. The van der Waals surface area contributed by atoms with Crippen LogP contribution in [-0.2, 0) is 16.0 Å². The fourth-order valence-corrected chi connectivity index (χ4v) is 3.23. The van der Waals surface area contributed by atoms with E-state index in [1.54, 1.807) is 19.1 Å². The van der Waals surface area contributed by atoms with Crippen LogP contribution in [0.5, 0.6) is 5.75 Å². The zero-order chi connectivity index (χ0) is 22.1. The van der Waals surface area contributed by atoms with Crippen LogP contribution in [0.4, 0.5) is 4.39 Å². The van der Waals surface area contributed by atoms with E-state index in [0.717, 1.165) is 22.3 Å². The third-order valence-corrected chi connectivity index (χ3v) is 4.77. The van der Waals surface area contributed by atoms with E-state index in [1.165, 1.54) is 12.1 Å². The summed E-state index contributed by atoms with van der Waals surface area (Å²) in [6.07, 6.45) is 1.40. The predicted molar refractivity (Wildman–Crippen MR) is 119 cm³/mol. The maximum Gasteiger partial charge on any atom is 0.333 e. The van der Waals surface area contributed by atoms with Gasteiger partial charge < -0.3 is 14.6 Å². The van der Waals surface area contributed by atoms with Gasteiger partial charge in [-0.2, -0.15) is 0 Å². The average molecular weight is 420 g/mol. The van der Waals surface area contributed by atoms with Gasteiger partial charge in [-0.1, -0.05) is 54.6 Å². The number of carboxylic acid groups (broad SMARTS) is 1. The summed E-state index contributed by atoms with van der Waals surface area (Å²) in [6, 6.07) is 23.6. The Hall–Kier alpha value is -3.44. The fourth-order valence-electron chi connectivity index (χ4n) is 3.23.